The van der Waals surface area contributed by atoms with Gasteiger partial charge in [-0.15, -0.1) is 5.10 Å². The topological polar surface area (TPSA) is 50.6 Å². The van der Waals surface area contributed by atoms with Gasteiger partial charge in [-0.3, -0.25) is 0 Å². The minimum absolute atomic E-state index is 0.715. The number of rotatable bonds is 6. The Bertz CT molecular complexity index is 762. The van der Waals surface area contributed by atoms with Gasteiger partial charge >= 0.3 is 0 Å². The number of aryl methyl sites for hydroxylation is 2. The summed E-state index contributed by atoms with van der Waals surface area (Å²) in [4.78, 5) is 6.74. The van der Waals surface area contributed by atoms with E-state index in [1.54, 1.807) is 0 Å². The first-order chi connectivity index (χ1) is 13.3. The van der Waals surface area contributed by atoms with Gasteiger partial charge in [-0.05, 0) is 74.8 Å². The molecule has 0 amide bonds. The van der Waals surface area contributed by atoms with E-state index >= 15 is 0 Å². The number of aromatic nitrogens is 2. The largest absolute Gasteiger partial charge is 0.476 e. The molecule has 0 N–H and O–H groups in total. The third kappa shape index (κ3) is 4.65. The molecule has 1 saturated heterocycles. The predicted octanol–water partition coefficient (Wildman–Crippen LogP) is 3.80. The van der Waals surface area contributed by atoms with Crippen molar-refractivity contribution >= 4 is 11.7 Å². The molecule has 4 rings (SSSR count). The van der Waals surface area contributed by atoms with Crippen molar-refractivity contribution in [3.05, 3.63) is 53.2 Å². The Hall–Kier alpha value is -2.43. The second-order valence-corrected chi connectivity index (χ2v) is 7.59. The van der Waals surface area contributed by atoms with Crippen LogP contribution >= 0.6 is 0 Å². The highest BCUT2D eigenvalue weighted by Crippen LogP contribution is 2.25. The summed E-state index contributed by atoms with van der Waals surface area (Å²) in [6.07, 6.45) is 6.23. The number of hydrogen-bond donors (Lipinski definition) is 0. The maximum absolute atomic E-state index is 5.52. The molecule has 1 fully saturated rings. The molecule has 2 aromatic rings. The third-order valence-corrected chi connectivity index (χ3v) is 5.59. The Kier molecular flexibility index (Phi) is 5.66. The van der Waals surface area contributed by atoms with Crippen molar-refractivity contribution in [3.8, 4) is 0 Å². The Labute approximate surface area is 161 Å². The van der Waals surface area contributed by atoms with Crippen molar-refractivity contribution in [1.29, 1.82) is 0 Å². The summed E-state index contributed by atoms with van der Waals surface area (Å²) < 4.78 is 5.52. The third-order valence-electron chi connectivity index (χ3n) is 5.59. The molecule has 0 bridgehead atoms. The average molecular weight is 364 g/mol. The standard InChI is InChI=1S/C22H28N4O/c1-17-5-10-21(25-24-17)26-14-11-19(12-15-26)4-2-3-18-6-8-20(9-7-18)22-23-13-16-27-22/h5-10,19H,2-4,11-16H2,1H3. The molecular weight excluding hydrogens is 336 g/mol. The minimum Gasteiger partial charge on any atom is -0.476 e. The summed E-state index contributed by atoms with van der Waals surface area (Å²) in [7, 11) is 0. The fourth-order valence-corrected chi connectivity index (χ4v) is 3.93. The Balaban J connectivity index is 1.19. The van der Waals surface area contributed by atoms with Gasteiger partial charge in [0.2, 0.25) is 5.90 Å². The Morgan fingerprint density at radius 3 is 2.52 bits per heavy atom. The lowest BCUT2D eigenvalue weighted by Crippen LogP contribution is -2.34. The van der Waals surface area contributed by atoms with Crippen LogP contribution in [0.5, 0.6) is 0 Å². The average Bonchev–Trinajstić information content (AvgIpc) is 3.25. The molecule has 1 aromatic carbocycles. The molecule has 0 aliphatic carbocycles. The highest BCUT2D eigenvalue weighted by atomic mass is 16.5. The van der Waals surface area contributed by atoms with Crippen LogP contribution in [0.4, 0.5) is 5.82 Å². The monoisotopic (exact) mass is 364 g/mol. The van der Waals surface area contributed by atoms with E-state index in [1.807, 2.05) is 13.0 Å². The smallest absolute Gasteiger partial charge is 0.216 e. The highest BCUT2D eigenvalue weighted by molar-refractivity contribution is 5.94. The Morgan fingerprint density at radius 1 is 1.04 bits per heavy atom. The van der Waals surface area contributed by atoms with Crippen molar-refractivity contribution in [1.82, 2.24) is 10.2 Å². The summed E-state index contributed by atoms with van der Waals surface area (Å²) in [5.41, 5.74) is 3.48. The van der Waals surface area contributed by atoms with Gasteiger partial charge in [0.15, 0.2) is 5.82 Å². The molecule has 5 heteroatoms. The zero-order valence-electron chi connectivity index (χ0n) is 16.1. The minimum atomic E-state index is 0.715. The van der Waals surface area contributed by atoms with Gasteiger partial charge < -0.3 is 9.64 Å². The van der Waals surface area contributed by atoms with Gasteiger partial charge in [0.05, 0.1) is 12.2 Å². The maximum atomic E-state index is 5.52. The van der Waals surface area contributed by atoms with E-state index in [1.165, 1.54) is 31.2 Å². The molecule has 1 aromatic heterocycles. The lowest BCUT2D eigenvalue weighted by atomic mass is 9.90. The van der Waals surface area contributed by atoms with E-state index in [0.29, 0.717) is 6.61 Å². The zero-order chi connectivity index (χ0) is 18.5. The normalized spacial score (nSPS) is 17.7. The summed E-state index contributed by atoms with van der Waals surface area (Å²) in [6.45, 7) is 5.67. The molecular formula is C22H28N4O. The lowest BCUT2D eigenvalue weighted by Gasteiger charge is -2.32. The van der Waals surface area contributed by atoms with Gasteiger partial charge in [-0.25, -0.2) is 4.99 Å². The van der Waals surface area contributed by atoms with Crippen LogP contribution in [0.15, 0.2) is 41.4 Å². The molecule has 3 heterocycles. The van der Waals surface area contributed by atoms with E-state index in [4.69, 9.17) is 4.74 Å². The summed E-state index contributed by atoms with van der Waals surface area (Å²) >= 11 is 0. The van der Waals surface area contributed by atoms with Gasteiger partial charge in [-0.1, -0.05) is 12.1 Å². The fraction of sp³-hybridized carbons (Fsp3) is 0.500. The van der Waals surface area contributed by atoms with Crippen molar-refractivity contribution in [2.24, 2.45) is 10.9 Å². The molecule has 0 atom stereocenters. The molecule has 0 saturated carbocycles. The second kappa shape index (κ2) is 8.51. The first-order valence-electron chi connectivity index (χ1n) is 10.1. The zero-order valence-corrected chi connectivity index (χ0v) is 16.1. The molecule has 5 nitrogen and oxygen atoms in total. The van der Waals surface area contributed by atoms with Crippen LogP contribution in [-0.4, -0.2) is 42.3 Å². The molecule has 27 heavy (non-hydrogen) atoms. The van der Waals surface area contributed by atoms with Crippen LogP contribution in [0.2, 0.25) is 0 Å². The van der Waals surface area contributed by atoms with Crippen LogP contribution in [0.1, 0.15) is 42.5 Å². The fourth-order valence-electron chi connectivity index (χ4n) is 3.93. The lowest BCUT2D eigenvalue weighted by molar-refractivity contribution is 0.348. The van der Waals surface area contributed by atoms with E-state index < -0.39 is 0 Å². The van der Waals surface area contributed by atoms with Crippen LogP contribution in [0.25, 0.3) is 0 Å². The van der Waals surface area contributed by atoms with E-state index in [-0.39, 0.29) is 0 Å². The summed E-state index contributed by atoms with van der Waals surface area (Å²) in [6, 6.07) is 12.9. The van der Waals surface area contributed by atoms with Crippen LogP contribution in [0, 0.1) is 12.8 Å². The molecule has 2 aliphatic heterocycles. The predicted molar refractivity (Wildman–Crippen MR) is 108 cm³/mol. The van der Waals surface area contributed by atoms with Crippen LogP contribution in [0.3, 0.4) is 0 Å². The van der Waals surface area contributed by atoms with Gasteiger partial charge in [0, 0.05) is 18.7 Å². The number of piperidine rings is 1. The molecule has 2 aliphatic rings. The highest BCUT2D eigenvalue weighted by Gasteiger charge is 2.20. The SMILES string of the molecule is Cc1ccc(N2CCC(CCCc3ccc(C4=NCCO4)cc3)CC2)nn1. The van der Waals surface area contributed by atoms with Crippen molar-refractivity contribution in [2.75, 3.05) is 31.1 Å². The number of ether oxygens (including phenoxy) is 1. The quantitative estimate of drug-likeness (QED) is 0.782. The van der Waals surface area contributed by atoms with E-state index in [9.17, 15) is 0 Å². The number of anilines is 1. The molecule has 142 valence electrons. The van der Waals surface area contributed by atoms with Crippen LogP contribution < -0.4 is 4.90 Å². The van der Waals surface area contributed by atoms with Gasteiger partial charge in [-0.2, -0.15) is 5.10 Å². The second-order valence-electron chi connectivity index (χ2n) is 7.59. The molecule has 0 radical (unpaired) electrons. The Morgan fingerprint density at radius 2 is 1.85 bits per heavy atom. The van der Waals surface area contributed by atoms with Crippen molar-refractivity contribution in [2.45, 2.75) is 39.0 Å². The number of benzene rings is 1. The van der Waals surface area contributed by atoms with Crippen molar-refractivity contribution < 1.29 is 4.74 Å². The molecule has 0 unspecified atom stereocenters. The number of hydrogen-bond acceptors (Lipinski definition) is 5. The van der Waals surface area contributed by atoms with Gasteiger partial charge in [0.1, 0.15) is 6.61 Å². The van der Waals surface area contributed by atoms with Gasteiger partial charge in [0.25, 0.3) is 0 Å². The number of nitrogens with zero attached hydrogens (tertiary/aromatic N) is 4. The van der Waals surface area contributed by atoms with E-state index in [0.717, 1.165) is 54.9 Å². The summed E-state index contributed by atoms with van der Waals surface area (Å²) in [5, 5.41) is 8.50. The summed E-state index contributed by atoms with van der Waals surface area (Å²) in [5.74, 6) is 2.65. The van der Waals surface area contributed by atoms with E-state index in [2.05, 4.69) is 50.4 Å². The van der Waals surface area contributed by atoms with Crippen LogP contribution in [-0.2, 0) is 11.2 Å². The molecule has 0 spiro atoms. The maximum Gasteiger partial charge on any atom is 0.216 e. The van der Waals surface area contributed by atoms with Crippen molar-refractivity contribution in [3.63, 3.8) is 0 Å². The first-order valence-corrected chi connectivity index (χ1v) is 10.1. The first kappa shape index (κ1) is 18.0. The number of aliphatic imine (C=N–C) groups is 1.